The van der Waals surface area contributed by atoms with Crippen molar-refractivity contribution >= 4 is 5.84 Å². The second kappa shape index (κ2) is 4.18. The molecule has 2 aromatic carbocycles. The molecule has 3 heteroatoms. The summed E-state index contributed by atoms with van der Waals surface area (Å²) >= 11 is 0. The molecule has 0 fully saturated rings. The van der Waals surface area contributed by atoms with Crippen molar-refractivity contribution in [2.75, 3.05) is 13.1 Å². The fourth-order valence-electron chi connectivity index (χ4n) is 3.26. The maximum atomic E-state index is 11.5. The summed E-state index contributed by atoms with van der Waals surface area (Å²) in [5.41, 5.74) is 1.81. The third-order valence-corrected chi connectivity index (χ3v) is 4.17. The van der Waals surface area contributed by atoms with Crippen LogP contribution >= 0.6 is 0 Å². The molecule has 0 aromatic heterocycles. The summed E-state index contributed by atoms with van der Waals surface area (Å²) in [6.45, 7) is 1.67. The van der Waals surface area contributed by atoms with Crippen molar-refractivity contribution in [1.82, 2.24) is 4.90 Å². The zero-order valence-corrected chi connectivity index (χ0v) is 11.2. The SMILES string of the molecule is O[C@]1(c2ccccc2)c2ccccc2C2=NCCCN21. The van der Waals surface area contributed by atoms with Crippen molar-refractivity contribution in [3.63, 3.8) is 0 Å². The first-order valence-corrected chi connectivity index (χ1v) is 7.01. The maximum Gasteiger partial charge on any atom is 0.193 e. The van der Waals surface area contributed by atoms with Crippen LogP contribution in [-0.4, -0.2) is 28.9 Å². The van der Waals surface area contributed by atoms with Crippen LogP contribution in [0.3, 0.4) is 0 Å². The first-order chi connectivity index (χ1) is 9.82. The Bertz CT molecular complexity index is 680. The van der Waals surface area contributed by atoms with E-state index in [9.17, 15) is 5.11 Å². The fourth-order valence-corrected chi connectivity index (χ4v) is 3.26. The molecule has 0 spiro atoms. The normalized spacial score (nSPS) is 24.1. The highest BCUT2D eigenvalue weighted by atomic mass is 16.3. The van der Waals surface area contributed by atoms with Gasteiger partial charge in [0, 0.05) is 29.8 Å². The molecule has 0 aliphatic carbocycles. The van der Waals surface area contributed by atoms with Crippen LogP contribution in [0.1, 0.15) is 23.1 Å². The maximum absolute atomic E-state index is 11.5. The van der Waals surface area contributed by atoms with Gasteiger partial charge in [-0.05, 0) is 6.42 Å². The summed E-state index contributed by atoms with van der Waals surface area (Å²) in [5, 5.41) is 11.5. The van der Waals surface area contributed by atoms with E-state index >= 15 is 0 Å². The average Bonchev–Trinajstić information content (AvgIpc) is 2.80. The second-order valence-corrected chi connectivity index (χ2v) is 5.29. The molecule has 2 heterocycles. The van der Waals surface area contributed by atoms with Crippen molar-refractivity contribution in [2.45, 2.75) is 12.1 Å². The molecular formula is C17H16N2O. The molecule has 2 aromatic rings. The van der Waals surface area contributed by atoms with Gasteiger partial charge < -0.3 is 10.0 Å². The molecule has 2 aliphatic heterocycles. The van der Waals surface area contributed by atoms with Gasteiger partial charge in [0.25, 0.3) is 0 Å². The molecule has 0 radical (unpaired) electrons. The van der Waals surface area contributed by atoms with E-state index in [2.05, 4.69) is 4.99 Å². The molecule has 0 saturated heterocycles. The van der Waals surface area contributed by atoms with Gasteiger partial charge in [0.15, 0.2) is 5.72 Å². The van der Waals surface area contributed by atoms with Gasteiger partial charge in [-0.2, -0.15) is 0 Å². The van der Waals surface area contributed by atoms with Crippen LogP contribution < -0.4 is 0 Å². The predicted molar refractivity (Wildman–Crippen MR) is 78.6 cm³/mol. The lowest BCUT2D eigenvalue weighted by Gasteiger charge is -2.37. The number of benzene rings is 2. The Labute approximate surface area is 118 Å². The van der Waals surface area contributed by atoms with E-state index in [0.717, 1.165) is 42.0 Å². The van der Waals surface area contributed by atoms with E-state index in [1.165, 1.54) is 0 Å². The van der Waals surface area contributed by atoms with E-state index in [0.29, 0.717) is 0 Å². The Balaban J connectivity index is 1.99. The molecule has 0 saturated carbocycles. The third-order valence-electron chi connectivity index (χ3n) is 4.17. The standard InChI is InChI=1S/C17H16N2O/c20-17(13-7-2-1-3-8-13)15-10-5-4-9-14(15)16-18-11-6-12-19(16)17/h1-5,7-10,20H,6,11-12H2/t17-/m1/s1. The predicted octanol–water partition coefficient (Wildman–Crippen LogP) is 2.35. The minimum atomic E-state index is -1.09. The summed E-state index contributed by atoms with van der Waals surface area (Å²) in [6, 6.07) is 17.9. The lowest BCUT2D eigenvalue weighted by molar-refractivity contribution is -0.0317. The molecule has 1 atom stereocenters. The van der Waals surface area contributed by atoms with Crippen LogP contribution in [0.4, 0.5) is 0 Å². The van der Waals surface area contributed by atoms with E-state index in [1.807, 2.05) is 59.5 Å². The minimum absolute atomic E-state index is 0.832. The minimum Gasteiger partial charge on any atom is -0.363 e. The Morgan fingerprint density at radius 2 is 1.75 bits per heavy atom. The molecule has 2 aliphatic rings. The van der Waals surface area contributed by atoms with Gasteiger partial charge in [-0.1, -0.05) is 54.6 Å². The van der Waals surface area contributed by atoms with E-state index in [1.54, 1.807) is 0 Å². The quantitative estimate of drug-likeness (QED) is 0.858. The van der Waals surface area contributed by atoms with Crippen molar-refractivity contribution in [1.29, 1.82) is 0 Å². The molecule has 0 amide bonds. The summed E-state index contributed by atoms with van der Waals surface area (Å²) < 4.78 is 0. The smallest absolute Gasteiger partial charge is 0.193 e. The van der Waals surface area contributed by atoms with E-state index < -0.39 is 5.72 Å². The highest BCUT2D eigenvalue weighted by molar-refractivity contribution is 6.04. The molecule has 0 unspecified atom stereocenters. The van der Waals surface area contributed by atoms with Gasteiger partial charge >= 0.3 is 0 Å². The zero-order chi connectivity index (χ0) is 13.6. The lowest BCUT2D eigenvalue weighted by atomic mass is 9.94. The van der Waals surface area contributed by atoms with Crippen molar-refractivity contribution in [2.24, 2.45) is 4.99 Å². The van der Waals surface area contributed by atoms with E-state index in [-0.39, 0.29) is 0 Å². The van der Waals surface area contributed by atoms with Crippen LogP contribution in [0.15, 0.2) is 59.6 Å². The summed E-state index contributed by atoms with van der Waals surface area (Å²) in [5.74, 6) is 0.929. The van der Waals surface area contributed by atoms with Crippen molar-refractivity contribution in [3.8, 4) is 0 Å². The third kappa shape index (κ3) is 1.41. The summed E-state index contributed by atoms with van der Waals surface area (Å²) in [6.07, 6.45) is 0.979. The number of aliphatic hydroxyl groups is 1. The first-order valence-electron chi connectivity index (χ1n) is 7.01. The van der Waals surface area contributed by atoms with Gasteiger partial charge in [-0.25, -0.2) is 0 Å². The largest absolute Gasteiger partial charge is 0.363 e. The Morgan fingerprint density at radius 1 is 1.00 bits per heavy atom. The fraction of sp³-hybridized carbons (Fsp3) is 0.235. The number of aliphatic imine (C=N–C) groups is 1. The number of rotatable bonds is 1. The van der Waals surface area contributed by atoms with Gasteiger partial charge in [-0.3, -0.25) is 4.99 Å². The number of fused-ring (bicyclic) bond motifs is 3. The Kier molecular flexibility index (Phi) is 2.44. The topological polar surface area (TPSA) is 35.8 Å². The number of hydrogen-bond acceptors (Lipinski definition) is 3. The van der Waals surface area contributed by atoms with Gasteiger partial charge in [0.1, 0.15) is 5.84 Å². The number of amidine groups is 1. The summed E-state index contributed by atoms with van der Waals surface area (Å²) in [7, 11) is 0. The molecular weight excluding hydrogens is 248 g/mol. The van der Waals surface area contributed by atoms with Crippen LogP contribution in [0, 0.1) is 0 Å². The Morgan fingerprint density at radius 3 is 2.60 bits per heavy atom. The molecule has 0 bridgehead atoms. The Hall–Kier alpha value is -2.13. The van der Waals surface area contributed by atoms with Crippen molar-refractivity contribution in [3.05, 3.63) is 71.3 Å². The van der Waals surface area contributed by atoms with Gasteiger partial charge in [-0.15, -0.1) is 0 Å². The second-order valence-electron chi connectivity index (χ2n) is 5.29. The highest BCUT2D eigenvalue weighted by Crippen LogP contribution is 2.43. The summed E-state index contributed by atoms with van der Waals surface area (Å²) in [4.78, 5) is 6.67. The molecule has 3 nitrogen and oxygen atoms in total. The molecule has 1 N–H and O–H groups in total. The van der Waals surface area contributed by atoms with Crippen LogP contribution in [0.5, 0.6) is 0 Å². The van der Waals surface area contributed by atoms with Gasteiger partial charge in [0.2, 0.25) is 0 Å². The molecule has 20 heavy (non-hydrogen) atoms. The number of nitrogens with zero attached hydrogens (tertiary/aromatic N) is 2. The van der Waals surface area contributed by atoms with Crippen LogP contribution in [0.25, 0.3) is 0 Å². The zero-order valence-electron chi connectivity index (χ0n) is 11.2. The van der Waals surface area contributed by atoms with Gasteiger partial charge in [0.05, 0.1) is 0 Å². The monoisotopic (exact) mass is 264 g/mol. The van der Waals surface area contributed by atoms with E-state index in [4.69, 9.17) is 0 Å². The van der Waals surface area contributed by atoms with Crippen LogP contribution in [-0.2, 0) is 5.72 Å². The lowest BCUT2D eigenvalue weighted by Crippen LogP contribution is -2.47. The first kappa shape index (κ1) is 11.7. The van der Waals surface area contributed by atoms with Crippen LogP contribution in [0.2, 0.25) is 0 Å². The highest BCUT2D eigenvalue weighted by Gasteiger charge is 2.48. The molecule has 4 rings (SSSR count). The molecule has 100 valence electrons. The average molecular weight is 264 g/mol. The van der Waals surface area contributed by atoms with Crippen molar-refractivity contribution < 1.29 is 5.11 Å². The number of hydrogen-bond donors (Lipinski definition) is 1.